The summed E-state index contributed by atoms with van der Waals surface area (Å²) in [6, 6.07) is 1.49. The van der Waals surface area contributed by atoms with E-state index in [0.29, 0.717) is 28.9 Å². The van der Waals surface area contributed by atoms with Crippen LogP contribution in [0.1, 0.15) is 32.1 Å². The van der Waals surface area contributed by atoms with E-state index < -0.39 is 5.91 Å². The minimum Gasteiger partial charge on any atom is -0.471 e. The first kappa shape index (κ1) is 19.5. The molecule has 1 fully saturated rings. The van der Waals surface area contributed by atoms with Crippen LogP contribution >= 0.6 is 22.9 Å². The van der Waals surface area contributed by atoms with Gasteiger partial charge in [0, 0.05) is 26.7 Å². The van der Waals surface area contributed by atoms with Crippen LogP contribution in [0.3, 0.4) is 0 Å². The van der Waals surface area contributed by atoms with Crippen molar-refractivity contribution in [2.45, 2.75) is 19.4 Å². The second-order valence-electron chi connectivity index (χ2n) is 6.20. The number of halogens is 1. The normalized spacial score (nSPS) is 16.2. The Hall–Kier alpha value is -2.23. The van der Waals surface area contributed by atoms with Crippen LogP contribution in [0.5, 0.6) is 5.88 Å². The van der Waals surface area contributed by atoms with Gasteiger partial charge in [0.15, 0.2) is 5.13 Å². The molecule has 1 aliphatic rings. The van der Waals surface area contributed by atoms with Crippen molar-refractivity contribution in [1.82, 2.24) is 14.9 Å². The van der Waals surface area contributed by atoms with Crippen LogP contribution in [0, 0.1) is 6.92 Å². The fraction of sp³-hybridized carbons (Fsp3) is 0.412. The summed E-state index contributed by atoms with van der Waals surface area (Å²) in [5.74, 6) is -0.307. The SMILES string of the molecule is Cc1nc(NC(=O)c2cnc(O[C@@H]3CCOC3)c(Cl)c2)sc1C(=O)N(C)C. The minimum absolute atomic E-state index is 0.0828. The summed E-state index contributed by atoms with van der Waals surface area (Å²) < 4.78 is 10.9. The topological polar surface area (TPSA) is 93.6 Å². The van der Waals surface area contributed by atoms with Crippen molar-refractivity contribution in [3.8, 4) is 5.88 Å². The van der Waals surface area contributed by atoms with E-state index in [1.54, 1.807) is 21.0 Å². The largest absolute Gasteiger partial charge is 0.471 e. The quantitative estimate of drug-likeness (QED) is 0.814. The molecule has 0 aliphatic carbocycles. The molecule has 0 radical (unpaired) electrons. The van der Waals surface area contributed by atoms with Gasteiger partial charge in [-0.05, 0) is 13.0 Å². The molecular weight excluding hydrogens is 392 g/mol. The van der Waals surface area contributed by atoms with Crippen LogP contribution in [-0.4, -0.2) is 60.1 Å². The number of pyridine rings is 1. The van der Waals surface area contributed by atoms with Gasteiger partial charge in [0.05, 0.1) is 24.5 Å². The number of nitrogens with zero attached hydrogens (tertiary/aromatic N) is 3. The number of nitrogens with one attached hydrogen (secondary N) is 1. The third-order valence-corrected chi connectivity index (χ3v) is 5.18. The highest BCUT2D eigenvalue weighted by Gasteiger charge is 2.21. The summed E-state index contributed by atoms with van der Waals surface area (Å²) in [5, 5.41) is 3.25. The van der Waals surface area contributed by atoms with Crippen molar-refractivity contribution in [3.05, 3.63) is 33.4 Å². The number of anilines is 1. The smallest absolute Gasteiger partial charge is 0.265 e. The maximum absolute atomic E-state index is 12.4. The number of thiazole rings is 1. The number of rotatable bonds is 5. The molecule has 27 heavy (non-hydrogen) atoms. The van der Waals surface area contributed by atoms with E-state index in [1.165, 1.54) is 17.2 Å². The predicted octanol–water partition coefficient (Wildman–Crippen LogP) is 2.62. The Kier molecular flexibility index (Phi) is 5.93. The first-order chi connectivity index (χ1) is 12.8. The fourth-order valence-electron chi connectivity index (χ4n) is 2.42. The number of carbonyl (C=O) groups excluding carboxylic acids is 2. The van der Waals surface area contributed by atoms with Gasteiger partial charge in [-0.1, -0.05) is 22.9 Å². The Labute approximate surface area is 165 Å². The van der Waals surface area contributed by atoms with E-state index in [9.17, 15) is 9.59 Å². The monoisotopic (exact) mass is 410 g/mol. The third kappa shape index (κ3) is 4.55. The number of ether oxygens (including phenoxy) is 2. The van der Waals surface area contributed by atoms with E-state index in [4.69, 9.17) is 21.1 Å². The van der Waals surface area contributed by atoms with E-state index in [0.717, 1.165) is 17.8 Å². The Bertz CT molecular complexity index is 865. The maximum Gasteiger partial charge on any atom is 0.265 e. The molecule has 10 heteroatoms. The standard InChI is InChI=1S/C17H19ClN4O4S/c1-9-13(16(24)22(2)3)27-17(20-9)21-14(23)10-6-12(18)15(19-7-10)26-11-4-5-25-8-11/h6-7,11H,4-5,8H2,1-3H3,(H,20,21,23)/t11-/m1/s1. The molecule has 3 heterocycles. The number of hydrogen-bond acceptors (Lipinski definition) is 7. The van der Waals surface area contributed by atoms with Crippen molar-refractivity contribution in [2.24, 2.45) is 0 Å². The molecule has 0 unspecified atom stereocenters. The highest BCUT2D eigenvalue weighted by atomic mass is 35.5. The highest BCUT2D eigenvalue weighted by molar-refractivity contribution is 7.17. The van der Waals surface area contributed by atoms with Gasteiger partial charge >= 0.3 is 0 Å². The zero-order chi connectivity index (χ0) is 19.6. The molecule has 0 aromatic carbocycles. The van der Waals surface area contributed by atoms with E-state index >= 15 is 0 Å². The molecule has 0 saturated carbocycles. The number of amides is 2. The number of carbonyl (C=O) groups is 2. The summed E-state index contributed by atoms with van der Waals surface area (Å²) in [5.41, 5.74) is 0.830. The van der Waals surface area contributed by atoms with Crippen molar-refractivity contribution in [3.63, 3.8) is 0 Å². The van der Waals surface area contributed by atoms with Crippen molar-refractivity contribution >= 4 is 39.9 Å². The molecule has 1 aliphatic heterocycles. The number of hydrogen-bond donors (Lipinski definition) is 1. The van der Waals surface area contributed by atoms with Crippen LogP contribution < -0.4 is 10.1 Å². The molecule has 2 amide bonds. The van der Waals surface area contributed by atoms with E-state index in [-0.39, 0.29) is 28.5 Å². The summed E-state index contributed by atoms with van der Waals surface area (Å²) in [6.07, 6.45) is 2.08. The second kappa shape index (κ2) is 8.20. The lowest BCUT2D eigenvalue weighted by atomic mass is 10.2. The van der Waals surface area contributed by atoms with Crippen molar-refractivity contribution in [1.29, 1.82) is 0 Å². The van der Waals surface area contributed by atoms with E-state index in [1.807, 2.05) is 0 Å². The van der Waals surface area contributed by atoms with Gasteiger partial charge in [-0.2, -0.15) is 0 Å². The highest BCUT2D eigenvalue weighted by Crippen LogP contribution is 2.27. The number of aryl methyl sites for hydroxylation is 1. The lowest BCUT2D eigenvalue weighted by Crippen LogP contribution is -2.21. The average Bonchev–Trinajstić information content (AvgIpc) is 3.25. The molecule has 8 nitrogen and oxygen atoms in total. The van der Waals surface area contributed by atoms with Gasteiger partial charge in [0.25, 0.3) is 11.8 Å². The van der Waals surface area contributed by atoms with E-state index in [2.05, 4.69) is 15.3 Å². The first-order valence-electron chi connectivity index (χ1n) is 8.25. The molecular formula is C17H19ClN4O4S. The number of aromatic nitrogens is 2. The van der Waals surface area contributed by atoms with Crippen molar-refractivity contribution in [2.75, 3.05) is 32.6 Å². The van der Waals surface area contributed by atoms with Crippen LogP contribution in [0.2, 0.25) is 5.02 Å². The average molecular weight is 411 g/mol. The van der Waals surface area contributed by atoms with Gasteiger partial charge in [-0.15, -0.1) is 0 Å². The van der Waals surface area contributed by atoms with Crippen molar-refractivity contribution < 1.29 is 19.1 Å². The molecule has 3 rings (SSSR count). The lowest BCUT2D eigenvalue weighted by Gasteiger charge is -2.12. The van der Waals surface area contributed by atoms with Crippen LogP contribution in [0.15, 0.2) is 12.3 Å². The Morgan fingerprint density at radius 3 is 2.85 bits per heavy atom. The van der Waals surface area contributed by atoms with Gasteiger partial charge in [-0.3, -0.25) is 14.9 Å². The summed E-state index contributed by atoms with van der Waals surface area (Å²) in [4.78, 5) is 34.8. The molecule has 0 bridgehead atoms. The zero-order valence-corrected chi connectivity index (χ0v) is 16.7. The Morgan fingerprint density at radius 1 is 1.44 bits per heavy atom. The van der Waals surface area contributed by atoms with Crippen LogP contribution in [0.4, 0.5) is 5.13 Å². The van der Waals surface area contributed by atoms with Gasteiger partial charge in [-0.25, -0.2) is 9.97 Å². The fourth-order valence-corrected chi connectivity index (χ4v) is 3.61. The molecule has 1 atom stereocenters. The Morgan fingerprint density at radius 2 is 2.22 bits per heavy atom. The molecule has 2 aromatic heterocycles. The second-order valence-corrected chi connectivity index (χ2v) is 7.61. The van der Waals surface area contributed by atoms with Crippen LogP contribution in [-0.2, 0) is 4.74 Å². The minimum atomic E-state index is -0.419. The summed E-state index contributed by atoms with van der Waals surface area (Å²) in [7, 11) is 3.32. The molecule has 1 saturated heterocycles. The van der Waals surface area contributed by atoms with Crippen LogP contribution in [0.25, 0.3) is 0 Å². The van der Waals surface area contributed by atoms with Gasteiger partial charge in [0.1, 0.15) is 16.0 Å². The first-order valence-corrected chi connectivity index (χ1v) is 9.45. The molecule has 144 valence electrons. The van der Waals surface area contributed by atoms with Gasteiger partial charge < -0.3 is 14.4 Å². The molecule has 1 N–H and O–H groups in total. The molecule has 0 spiro atoms. The molecule has 2 aromatic rings. The maximum atomic E-state index is 12.4. The van der Waals surface area contributed by atoms with Gasteiger partial charge in [0.2, 0.25) is 5.88 Å². The Balaban J connectivity index is 1.70. The summed E-state index contributed by atoms with van der Waals surface area (Å²) in [6.45, 7) is 2.87. The third-order valence-electron chi connectivity index (χ3n) is 3.85. The lowest BCUT2D eigenvalue weighted by molar-refractivity contribution is 0.0831. The zero-order valence-electron chi connectivity index (χ0n) is 15.1. The predicted molar refractivity (Wildman–Crippen MR) is 102 cm³/mol. The summed E-state index contributed by atoms with van der Waals surface area (Å²) >= 11 is 7.31.